The summed E-state index contributed by atoms with van der Waals surface area (Å²) < 4.78 is 16.9. The van der Waals surface area contributed by atoms with Crippen molar-refractivity contribution in [3.8, 4) is 23.3 Å². The van der Waals surface area contributed by atoms with Crippen LogP contribution in [0.5, 0.6) is 0 Å². The summed E-state index contributed by atoms with van der Waals surface area (Å²) in [4.78, 5) is 12.2. The van der Waals surface area contributed by atoms with Crippen molar-refractivity contribution in [3.05, 3.63) is 41.5 Å². The van der Waals surface area contributed by atoms with Crippen molar-refractivity contribution in [2.24, 2.45) is 0 Å². The molecule has 0 saturated heterocycles. The Morgan fingerprint density at radius 2 is 1.71 bits per heavy atom. The second-order valence-electron chi connectivity index (χ2n) is 11.2. The first kappa shape index (κ1) is 30.9. The molecule has 0 radical (unpaired) electrons. The van der Waals surface area contributed by atoms with E-state index in [-0.39, 0.29) is 11.6 Å². The smallest absolute Gasteiger partial charge is 0.333 e. The minimum absolute atomic E-state index is 0.120. The number of ether oxygens (including phenoxy) is 2. The molecule has 1 unspecified atom stereocenters. The molecule has 192 valence electrons. The maximum Gasteiger partial charge on any atom is 0.333 e. The van der Waals surface area contributed by atoms with Crippen molar-refractivity contribution in [1.29, 1.82) is 0 Å². The third kappa shape index (κ3) is 13.0. The molecule has 6 heteroatoms. The van der Waals surface area contributed by atoms with Crippen LogP contribution in [0.1, 0.15) is 45.6 Å². The van der Waals surface area contributed by atoms with Crippen molar-refractivity contribution >= 4 is 28.4 Å². The second-order valence-corrected chi connectivity index (χ2v) is 20.8. The molecule has 0 fully saturated rings. The SMILES string of the molecule is COCC(=O)OC(C#C[Si](C)(C)C)/C(C#CCCCCO[Si](C)(C)C(C)(C)C)=C/c1ccccc1. The van der Waals surface area contributed by atoms with Crippen LogP contribution in [-0.4, -0.2) is 48.8 Å². The Balaban J connectivity index is 3.02. The first-order valence-corrected chi connectivity index (χ1v) is 18.8. The van der Waals surface area contributed by atoms with Gasteiger partial charge in [0.1, 0.15) is 14.7 Å². The number of carbonyl (C=O) groups excluding carboxylic acids is 1. The summed E-state index contributed by atoms with van der Waals surface area (Å²) in [5, 5.41) is 0.218. The molecule has 0 bridgehead atoms. The third-order valence-corrected chi connectivity index (χ3v) is 11.1. The summed E-state index contributed by atoms with van der Waals surface area (Å²) in [6, 6.07) is 9.91. The van der Waals surface area contributed by atoms with E-state index in [0.717, 1.165) is 31.4 Å². The zero-order valence-electron chi connectivity index (χ0n) is 23.2. The van der Waals surface area contributed by atoms with Crippen LogP contribution in [0.15, 0.2) is 35.9 Å². The van der Waals surface area contributed by atoms with E-state index in [9.17, 15) is 4.79 Å². The van der Waals surface area contributed by atoms with Crippen LogP contribution in [0.25, 0.3) is 6.08 Å². The van der Waals surface area contributed by atoms with Crippen LogP contribution in [0.2, 0.25) is 37.8 Å². The van der Waals surface area contributed by atoms with Crippen LogP contribution in [0.4, 0.5) is 0 Å². The molecule has 4 nitrogen and oxygen atoms in total. The summed E-state index contributed by atoms with van der Waals surface area (Å²) in [5.41, 5.74) is 5.00. The Morgan fingerprint density at radius 3 is 2.29 bits per heavy atom. The fourth-order valence-corrected chi connectivity index (χ4v) is 4.32. The molecule has 0 amide bonds. The Kier molecular flexibility index (Phi) is 12.8. The third-order valence-electron chi connectivity index (χ3n) is 5.69. The van der Waals surface area contributed by atoms with Gasteiger partial charge in [0.05, 0.1) is 5.57 Å². The summed E-state index contributed by atoms with van der Waals surface area (Å²) in [5.74, 6) is 9.27. The van der Waals surface area contributed by atoms with E-state index >= 15 is 0 Å². The lowest BCUT2D eigenvalue weighted by atomic mass is 10.1. The molecule has 0 N–H and O–H groups in total. The molecule has 35 heavy (non-hydrogen) atoms. The second kappa shape index (κ2) is 14.5. The van der Waals surface area contributed by atoms with Crippen LogP contribution in [-0.2, 0) is 18.7 Å². The minimum atomic E-state index is -1.71. The van der Waals surface area contributed by atoms with Crippen LogP contribution in [0, 0.1) is 23.3 Å². The molecule has 0 aliphatic heterocycles. The van der Waals surface area contributed by atoms with Gasteiger partial charge in [-0.2, -0.15) is 0 Å². The number of rotatable bonds is 10. The monoisotopic (exact) mass is 512 g/mol. The van der Waals surface area contributed by atoms with E-state index in [4.69, 9.17) is 13.9 Å². The summed E-state index contributed by atoms with van der Waals surface area (Å²) in [6.07, 6.45) is 3.90. The number of methoxy groups -OCH3 is 1. The van der Waals surface area contributed by atoms with E-state index < -0.39 is 28.5 Å². The topological polar surface area (TPSA) is 44.8 Å². The van der Waals surface area contributed by atoms with Crippen molar-refractivity contribution in [2.45, 2.75) is 83.9 Å². The normalized spacial score (nSPS) is 13.2. The largest absolute Gasteiger partial charge is 0.442 e. The molecule has 0 saturated carbocycles. The van der Waals surface area contributed by atoms with Gasteiger partial charge in [0.15, 0.2) is 14.4 Å². The zero-order chi connectivity index (χ0) is 26.5. The van der Waals surface area contributed by atoms with Gasteiger partial charge >= 0.3 is 5.97 Å². The van der Waals surface area contributed by atoms with E-state index in [0.29, 0.717) is 5.57 Å². The van der Waals surface area contributed by atoms with E-state index in [1.165, 1.54) is 7.11 Å². The van der Waals surface area contributed by atoms with Gasteiger partial charge in [-0.1, -0.05) is 88.5 Å². The van der Waals surface area contributed by atoms with Gasteiger partial charge in [0.25, 0.3) is 0 Å². The average Bonchev–Trinajstić information content (AvgIpc) is 2.74. The van der Waals surface area contributed by atoms with Crippen molar-refractivity contribution in [2.75, 3.05) is 20.3 Å². The molecule has 0 aliphatic rings. The first-order valence-electron chi connectivity index (χ1n) is 12.4. The highest BCUT2D eigenvalue weighted by atomic mass is 28.4. The standard InChI is InChI=1S/C29H44O4Si2/c1-29(2,3)35(8,9)32-21-16-11-10-15-19-26(23-25-17-13-12-14-18-25)27(20-22-34(5,6)7)33-28(30)24-31-4/h12-14,17-18,23,27H,10-11,16,21,24H2,1-9H3/b26-23+. The number of hydrogen-bond donors (Lipinski definition) is 0. The van der Waals surface area contributed by atoms with Gasteiger partial charge in [-0.3, -0.25) is 0 Å². The molecule has 1 aromatic carbocycles. The number of unbranched alkanes of at least 4 members (excludes halogenated alkanes) is 2. The van der Waals surface area contributed by atoms with Crippen LogP contribution in [0.3, 0.4) is 0 Å². The predicted molar refractivity (Wildman–Crippen MR) is 152 cm³/mol. The lowest BCUT2D eigenvalue weighted by Crippen LogP contribution is -2.40. The van der Waals surface area contributed by atoms with Gasteiger partial charge < -0.3 is 13.9 Å². The van der Waals surface area contributed by atoms with Gasteiger partial charge in [0.2, 0.25) is 0 Å². The highest BCUT2D eigenvalue weighted by Gasteiger charge is 2.36. The molecule has 1 aromatic rings. The molecular weight excluding hydrogens is 468 g/mol. The van der Waals surface area contributed by atoms with E-state index in [2.05, 4.69) is 76.8 Å². The average molecular weight is 513 g/mol. The highest BCUT2D eigenvalue weighted by molar-refractivity contribution is 6.83. The predicted octanol–water partition coefficient (Wildman–Crippen LogP) is 6.70. The van der Waals surface area contributed by atoms with Crippen LogP contribution >= 0.6 is 0 Å². The maximum absolute atomic E-state index is 12.2. The van der Waals surface area contributed by atoms with Gasteiger partial charge in [-0.25, -0.2) is 4.79 Å². The van der Waals surface area contributed by atoms with Crippen molar-refractivity contribution in [3.63, 3.8) is 0 Å². The fourth-order valence-electron chi connectivity index (χ4n) is 2.67. The van der Waals surface area contributed by atoms with Crippen LogP contribution < -0.4 is 0 Å². The van der Waals surface area contributed by atoms with Gasteiger partial charge in [-0.15, -0.1) is 5.54 Å². The molecule has 1 rings (SSSR count). The summed E-state index contributed by atoms with van der Waals surface area (Å²) in [7, 11) is -1.92. The number of esters is 1. The van der Waals surface area contributed by atoms with E-state index in [1.807, 2.05) is 36.4 Å². The maximum atomic E-state index is 12.2. The lowest BCUT2D eigenvalue weighted by Gasteiger charge is -2.36. The minimum Gasteiger partial charge on any atom is -0.442 e. The summed E-state index contributed by atoms with van der Waals surface area (Å²) in [6.45, 7) is 18.4. The Hall–Kier alpha value is -2.10. The van der Waals surface area contributed by atoms with Gasteiger partial charge in [0, 0.05) is 20.1 Å². The van der Waals surface area contributed by atoms with Crippen molar-refractivity contribution < 1.29 is 18.7 Å². The number of benzene rings is 1. The lowest BCUT2D eigenvalue weighted by molar-refractivity contribution is -0.149. The Morgan fingerprint density at radius 1 is 1.06 bits per heavy atom. The molecule has 0 heterocycles. The molecular formula is C29H44O4Si2. The number of carbonyl (C=O) groups is 1. The number of hydrogen-bond acceptors (Lipinski definition) is 4. The van der Waals surface area contributed by atoms with Crippen molar-refractivity contribution in [1.82, 2.24) is 0 Å². The summed E-state index contributed by atoms with van der Waals surface area (Å²) >= 11 is 0. The Labute approximate surface area is 216 Å². The molecule has 0 spiro atoms. The molecule has 1 atom stereocenters. The zero-order valence-corrected chi connectivity index (χ0v) is 25.2. The van der Waals surface area contributed by atoms with E-state index in [1.54, 1.807) is 0 Å². The van der Waals surface area contributed by atoms with Gasteiger partial charge in [-0.05, 0) is 42.6 Å². The first-order chi connectivity index (χ1) is 16.2. The quantitative estimate of drug-likeness (QED) is 0.151. The molecule has 0 aromatic heterocycles. The Bertz CT molecular complexity index is 946. The molecule has 0 aliphatic carbocycles. The highest BCUT2D eigenvalue weighted by Crippen LogP contribution is 2.36. The fraction of sp³-hybridized carbons (Fsp3) is 0.552.